The molecule has 10 heteroatoms. The summed E-state index contributed by atoms with van der Waals surface area (Å²) in [7, 11) is 4.68. The van der Waals surface area contributed by atoms with Gasteiger partial charge in [-0.2, -0.15) is 0 Å². The fraction of sp³-hybridized carbons (Fsp3) is 0.400. The van der Waals surface area contributed by atoms with E-state index in [-0.39, 0.29) is 5.91 Å². The number of carbonyl (C=O) groups excluding carboxylic acids is 2. The summed E-state index contributed by atoms with van der Waals surface area (Å²) in [6.07, 6.45) is 1.79. The van der Waals surface area contributed by atoms with E-state index in [1.807, 2.05) is 18.2 Å². The Balaban J connectivity index is 1.74. The van der Waals surface area contributed by atoms with Gasteiger partial charge in [-0.05, 0) is 36.8 Å². The standard InChI is InChI=1S/C20H25N5O3S2/c1-13-15(19(27)28-4)17(30-16(13)18(26)23(2)3)22-20(29)25-11-9-24(10-12-25)14-7-5-6-8-21-14/h5-8H,9-12H2,1-4H3,(H,22,29). The molecule has 0 atom stereocenters. The summed E-state index contributed by atoms with van der Waals surface area (Å²) < 4.78 is 4.93. The molecule has 3 rings (SSSR count). The summed E-state index contributed by atoms with van der Waals surface area (Å²) in [6, 6.07) is 5.86. The lowest BCUT2D eigenvalue weighted by molar-refractivity contribution is 0.0601. The SMILES string of the molecule is COC(=O)c1c(NC(=S)N2CCN(c3ccccn3)CC2)sc(C(=O)N(C)C)c1C. The minimum Gasteiger partial charge on any atom is -0.465 e. The fourth-order valence-electron chi connectivity index (χ4n) is 3.21. The molecule has 2 aromatic heterocycles. The maximum atomic E-state index is 12.5. The van der Waals surface area contributed by atoms with Crippen LogP contribution < -0.4 is 10.2 Å². The van der Waals surface area contributed by atoms with Gasteiger partial charge < -0.3 is 24.8 Å². The number of anilines is 2. The van der Waals surface area contributed by atoms with Gasteiger partial charge in [-0.25, -0.2) is 9.78 Å². The Morgan fingerprint density at radius 2 is 1.93 bits per heavy atom. The van der Waals surface area contributed by atoms with Crippen LogP contribution in [0.2, 0.25) is 0 Å². The number of methoxy groups -OCH3 is 1. The van der Waals surface area contributed by atoms with Gasteiger partial charge in [0, 0.05) is 46.5 Å². The second-order valence-electron chi connectivity index (χ2n) is 7.04. The lowest BCUT2D eigenvalue weighted by atomic mass is 10.1. The average molecular weight is 448 g/mol. The molecular formula is C20H25N5O3S2. The van der Waals surface area contributed by atoms with Gasteiger partial charge in [0.1, 0.15) is 10.8 Å². The predicted molar refractivity (Wildman–Crippen MR) is 123 cm³/mol. The third kappa shape index (κ3) is 4.54. The summed E-state index contributed by atoms with van der Waals surface area (Å²) >= 11 is 6.82. The molecule has 0 aromatic carbocycles. The number of hydrogen-bond donors (Lipinski definition) is 1. The molecule has 1 N–H and O–H groups in total. The van der Waals surface area contributed by atoms with Gasteiger partial charge in [0.2, 0.25) is 0 Å². The van der Waals surface area contributed by atoms with Gasteiger partial charge in [0.25, 0.3) is 5.91 Å². The molecule has 1 aliphatic heterocycles. The van der Waals surface area contributed by atoms with Crippen LogP contribution in [0.15, 0.2) is 24.4 Å². The van der Waals surface area contributed by atoms with Crippen molar-refractivity contribution >= 4 is 51.4 Å². The van der Waals surface area contributed by atoms with Crippen molar-refractivity contribution in [1.82, 2.24) is 14.8 Å². The summed E-state index contributed by atoms with van der Waals surface area (Å²) in [4.78, 5) is 35.5. The monoisotopic (exact) mass is 447 g/mol. The molecule has 1 aliphatic rings. The Morgan fingerprint density at radius 3 is 2.50 bits per heavy atom. The van der Waals surface area contributed by atoms with E-state index in [4.69, 9.17) is 17.0 Å². The van der Waals surface area contributed by atoms with Crippen molar-refractivity contribution in [1.29, 1.82) is 0 Å². The number of rotatable bonds is 4. The molecule has 0 spiro atoms. The molecule has 3 heterocycles. The minimum atomic E-state index is -0.494. The first-order chi connectivity index (χ1) is 14.3. The highest BCUT2D eigenvalue weighted by atomic mass is 32.1. The van der Waals surface area contributed by atoms with Crippen LogP contribution in [0.25, 0.3) is 0 Å². The van der Waals surface area contributed by atoms with E-state index >= 15 is 0 Å². The average Bonchev–Trinajstić information content (AvgIpc) is 3.08. The molecule has 1 amide bonds. The van der Waals surface area contributed by atoms with E-state index in [0.717, 1.165) is 32.0 Å². The van der Waals surface area contributed by atoms with Crippen LogP contribution in [0.3, 0.4) is 0 Å². The first kappa shape index (κ1) is 22.0. The number of thiophene rings is 1. The molecule has 1 saturated heterocycles. The Bertz CT molecular complexity index is 937. The second-order valence-corrected chi connectivity index (χ2v) is 8.45. The molecular weight excluding hydrogens is 422 g/mol. The van der Waals surface area contributed by atoms with Crippen LogP contribution in [0.1, 0.15) is 25.6 Å². The molecule has 30 heavy (non-hydrogen) atoms. The number of pyridine rings is 1. The Kier molecular flexibility index (Phi) is 6.88. The highest BCUT2D eigenvalue weighted by Crippen LogP contribution is 2.34. The largest absolute Gasteiger partial charge is 0.465 e. The molecule has 0 bridgehead atoms. The van der Waals surface area contributed by atoms with Gasteiger partial charge in [-0.1, -0.05) is 6.07 Å². The van der Waals surface area contributed by atoms with E-state index < -0.39 is 5.97 Å². The number of carbonyl (C=O) groups is 2. The Hall–Kier alpha value is -2.72. The molecule has 0 radical (unpaired) electrons. The summed E-state index contributed by atoms with van der Waals surface area (Å²) in [6.45, 7) is 4.78. The lowest BCUT2D eigenvalue weighted by Crippen LogP contribution is -2.50. The number of nitrogens with zero attached hydrogens (tertiary/aromatic N) is 4. The summed E-state index contributed by atoms with van der Waals surface area (Å²) in [5.74, 6) is 0.294. The van der Waals surface area contributed by atoms with Crippen molar-refractivity contribution in [3.05, 3.63) is 40.4 Å². The van der Waals surface area contributed by atoms with Crippen molar-refractivity contribution in [2.75, 3.05) is 57.6 Å². The first-order valence-electron chi connectivity index (χ1n) is 9.48. The van der Waals surface area contributed by atoms with Crippen molar-refractivity contribution in [2.45, 2.75) is 6.92 Å². The van der Waals surface area contributed by atoms with E-state index in [0.29, 0.717) is 26.1 Å². The highest BCUT2D eigenvalue weighted by Gasteiger charge is 2.28. The predicted octanol–water partition coefficient (Wildman–Crippen LogP) is 2.46. The number of ether oxygens (including phenoxy) is 1. The second kappa shape index (κ2) is 9.40. The highest BCUT2D eigenvalue weighted by molar-refractivity contribution is 7.80. The number of esters is 1. The Labute approximate surface area is 185 Å². The number of aromatic nitrogens is 1. The van der Waals surface area contributed by atoms with Crippen molar-refractivity contribution in [3.63, 3.8) is 0 Å². The van der Waals surface area contributed by atoms with E-state index in [2.05, 4.69) is 20.1 Å². The van der Waals surface area contributed by atoms with Crippen LogP contribution >= 0.6 is 23.6 Å². The molecule has 1 fully saturated rings. The molecule has 0 saturated carbocycles. The fourth-order valence-corrected chi connectivity index (χ4v) is 4.78. The minimum absolute atomic E-state index is 0.161. The molecule has 160 valence electrons. The zero-order chi connectivity index (χ0) is 21.8. The number of piperazine rings is 1. The molecule has 0 aliphatic carbocycles. The van der Waals surface area contributed by atoms with Gasteiger partial charge in [-0.3, -0.25) is 4.79 Å². The third-order valence-corrected chi connectivity index (χ3v) is 6.45. The van der Waals surface area contributed by atoms with Crippen LogP contribution in [-0.4, -0.2) is 79.2 Å². The number of amides is 1. The van der Waals surface area contributed by atoms with E-state index in [9.17, 15) is 9.59 Å². The van der Waals surface area contributed by atoms with Crippen molar-refractivity contribution < 1.29 is 14.3 Å². The van der Waals surface area contributed by atoms with E-state index in [1.54, 1.807) is 27.2 Å². The zero-order valence-corrected chi connectivity index (χ0v) is 19.1. The van der Waals surface area contributed by atoms with E-state index in [1.165, 1.54) is 23.3 Å². The summed E-state index contributed by atoms with van der Waals surface area (Å²) in [5, 5.41) is 4.22. The molecule has 0 unspecified atom stereocenters. The van der Waals surface area contributed by atoms with Crippen LogP contribution in [0, 0.1) is 6.92 Å². The number of thiocarbonyl (C=S) groups is 1. The maximum Gasteiger partial charge on any atom is 0.341 e. The summed E-state index contributed by atoms with van der Waals surface area (Å²) in [5.41, 5.74) is 0.943. The third-order valence-electron chi connectivity index (χ3n) is 4.90. The van der Waals surface area contributed by atoms with Gasteiger partial charge in [-0.15, -0.1) is 11.3 Å². The lowest BCUT2D eigenvalue weighted by Gasteiger charge is -2.36. The van der Waals surface area contributed by atoms with Crippen LogP contribution in [-0.2, 0) is 4.74 Å². The van der Waals surface area contributed by atoms with Crippen LogP contribution in [0.5, 0.6) is 0 Å². The number of nitrogens with one attached hydrogen (secondary N) is 1. The van der Waals surface area contributed by atoms with Crippen molar-refractivity contribution in [3.8, 4) is 0 Å². The first-order valence-corrected chi connectivity index (χ1v) is 10.7. The maximum absolute atomic E-state index is 12.5. The smallest absolute Gasteiger partial charge is 0.341 e. The normalized spacial score (nSPS) is 13.7. The van der Waals surface area contributed by atoms with Gasteiger partial charge in [0.15, 0.2) is 5.11 Å². The Morgan fingerprint density at radius 1 is 1.23 bits per heavy atom. The number of hydrogen-bond acceptors (Lipinski definition) is 7. The topological polar surface area (TPSA) is 78.0 Å². The van der Waals surface area contributed by atoms with Crippen molar-refractivity contribution in [2.24, 2.45) is 0 Å². The molecule has 2 aromatic rings. The quantitative estimate of drug-likeness (QED) is 0.566. The van der Waals surface area contributed by atoms with Gasteiger partial charge in [0.05, 0.1) is 17.6 Å². The molecule has 8 nitrogen and oxygen atoms in total. The zero-order valence-electron chi connectivity index (χ0n) is 17.5. The van der Waals surface area contributed by atoms with Crippen LogP contribution in [0.4, 0.5) is 10.8 Å². The van der Waals surface area contributed by atoms with Gasteiger partial charge >= 0.3 is 5.97 Å².